The van der Waals surface area contributed by atoms with Crippen LogP contribution in [0.3, 0.4) is 0 Å². The zero-order valence-electron chi connectivity index (χ0n) is 14.5. The molecule has 0 aromatic heterocycles. The minimum Gasteiger partial charge on any atom is -0.468 e. The van der Waals surface area contributed by atoms with Crippen molar-refractivity contribution in [3.8, 4) is 5.75 Å². The van der Waals surface area contributed by atoms with Crippen molar-refractivity contribution < 1.29 is 19.4 Å². The summed E-state index contributed by atoms with van der Waals surface area (Å²) in [5, 5.41) is 8.73. The van der Waals surface area contributed by atoms with E-state index in [0.29, 0.717) is 22.4 Å². The van der Waals surface area contributed by atoms with E-state index in [4.69, 9.17) is 9.84 Å². The molecule has 134 valence electrons. The lowest BCUT2D eigenvalue weighted by atomic mass is 10.0. The number of hydrogen-bond donors (Lipinski definition) is 1. The van der Waals surface area contributed by atoms with Crippen LogP contribution in [0.4, 0.5) is 0 Å². The summed E-state index contributed by atoms with van der Waals surface area (Å²) in [5.74, 6) is 0.319. The first-order valence-electron chi connectivity index (χ1n) is 8.43. The molecule has 3 aromatic rings. The van der Waals surface area contributed by atoms with Crippen LogP contribution >= 0.6 is 0 Å². The van der Waals surface area contributed by atoms with E-state index >= 15 is 0 Å². The summed E-state index contributed by atoms with van der Waals surface area (Å²) in [6.07, 6.45) is 3.25. The molecule has 0 bridgehead atoms. The first kappa shape index (κ1) is 18.3. The molecule has 27 heavy (non-hydrogen) atoms. The number of aliphatic hydroxyl groups is 1. The first-order chi connectivity index (χ1) is 13.2. The lowest BCUT2D eigenvalue weighted by molar-refractivity contribution is 0.0984. The van der Waals surface area contributed by atoms with Crippen molar-refractivity contribution in [3.63, 3.8) is 0 Å². The van der Waals surface area contributed by atoms with Gasteiger partial charge in [-0.05, 0) is 35.9 Å². The third kappa shape index (κ3) is 4.77. The van der Waals surface area contributed by atoms with Crippen molar-refractivity contribution in [1.29, 1.82) is 0 Å². The van der Waals surface area contributed by atoms with Crippen molar-refractivity contribution in [2.75, 3.05) is 6.79 Å². The first-order valence-corrected chi connectivity index (χ1v) is 8.43. The van der Waals surface area contributed by atoms with Gasteiger partial charge in [-0.15, -0.1) is 0 Å². The number of benzene rings is 3. The summed E-state index contributed by atoms with van der Waals surface area (Å²) < 4.78 is 4.95. The van der Waals surface area contributed by atoms with Crippen LogP contribution in [0.5, 0.6) is 5.75 Å². The molecule has 0 saturated carbocycles. The third-order valence-electron chi connectivity index (χ3n) is 4.01. The molecule has 4 nitrogen and oxygen atoms in total. The minimum atomic E-state index is -0.408. The van der Waals surface area contributed by atoms with Gasteiger partial charge in [0, 0.05) is 16.7 Å². The Morgan fingerprint density at radius 3 is 1.96 bits per heavy atom. The van der Waals surface area contributed by atoms with E-state index < -0.39 is 6.79 Å². The second-order valence-corrected chi connectivity index (χ2v) is 5.81. The molecule has 0 amide bonds. The molecule has 0 atom stereocenters. The topological polar surface area (TPSA) is 63.6 Å². The summed E-state index contributed by atoms with van der Waals surface area (Å²) in [6.45, 7) is -0.408. The molecule has 3 rings (SSSR count). The van der Waals surface area contributed by atoms with Gasteiger partial charge in [0.05, 0.1) is 0 Å². The van der Waals surface area contributed by atoms with E-state index in [1.165, 1.54) is 6.08 Å². The van der Waals surface area contributed by atoms with Gasteiger partial charge in [-0.25, -0.2) is 0 Å². The normalized spacial score (nSPS) is 10.7. The molecule has 0 saturated heterocycles. The van der Waals surface area contributed by atoms with Gasteiger partial charge in [-0.3, -0.25) is 9.59 Å². The number of carbonyl (C=O) groups is 2. The predicted molar refractivity (Wildman–Crippen MR) is 104 cm³/mol. The number of ether oxygens (including phenoxy) is 1. The van der Waals surface area contributed by atoms with E-state index in [2.05, 4.69) is 0 Å². The molecule has 3 aromatic carbocycles. The number of rotatable bonds is 7. The molecule has 0 heterocycles. The van der Waals surface area contributed by atoms with Gasteiger partial charge < -0.3 is 9.84 Å². The van der Waals surface area contributed by atoms with Gasteiger partial charge in [0.1, 0.15) is 5.75 Å². The predicted octanol–water partition coefficient (Wildman–Crippen LogP) is 4.14. The van der Waals surface area contributed by atoms with Gasteiger partial charge >= 0.3 is 0 Å². The van der Waals surface area contributed by atoms with E-state index in [-0.39, 0.29) is 11.6 Å². The highest BCUT2D eigenvalue weighted by atomic mass is 16.6. The van der Waals surface area contributed by atoms with Crippen LogP contribution in [0, 0.1) is 0 Å². The summed E-state index contributed by atoms with van der Waals surface area (Å²) in [4.78, 5) is 24.6. The fourth-order valence-electron chi connectivity index (χ4n) is 2.56. The zero-order valence-corrected chi connectivity index (χ0v) is 14.5. The van der Waals surface area contributed by atoms with Crippen molar-refractivity contribution in [2.45, 2.75) is 0 Å². The molecule has 0 unspecified atom stereocenters. The molecule has 0 aliphatic rings. The van der Waals surface area contributed by atoms with Crippen molar-refractivity contribution in [1.82, 2.24) is 0 Å². The molecule has 4 heteroatoms. The SMILES string of the molecule is O=C(C=Cc1ccc(C(=O)c2ccc(OCO)cc2)cc1)c1ccccc1. The van der Waals surface area contributed by atoms with Crippen LogP contribution in [0.2, 0.25) is 0 Å². The number of carbonyl (C=O) groups excluding carboxylic acids is 2. The lowest BCUT2D eigenvalue weighted by Gasteiger charge is -2.05. The van der Waals surface area contributed by atoms with Crippen LogP contribution in [-0.4, -0.2) is 23.5 Å². The molecule has 1 N–H and O–H groups in total. The standard InChI is InChI=1S/C23H18O4/c24-16-27-21-13-11-20(12-14-21)23(26)19-9-6-17(7-10-19)8-15-22(25)18-4-2-1-3-5-18/h1-15,24H,16H2. The van der Waals surface area contributed by atoms with Gasteiger partial charge in [-0.2, -0.15) is 0 Å². The van der Waals surface area contributed by atoms with Gasteiger partial charge in [0.25, 0.3) is 0 Å². The number of ketones is 2. The van der Waals surface area contributed by atoms with Crippen molar-refractivity contribution >= 4 is 17.6 Å². The Morgan fingerprint density at radius 2 is 1.37 bits per heavy atom. The maximum atomic E-state index is 12.5. The number of allylic oxidation sites excluding steroid dienone is 1. The third-order valence-corrected chi connectivity index (χ3v) is 4.01. The van der Waals surface area contributed by atoms with E-state index in [1.807, 2.05) is 18.2 Å². The van der Waals surface area contributed by atoms with Crippen LogP contribution in [0.15, 0.2) is 84.9 Å². The summed E-state index contributed by atoms with van der Waals surface area (Å²) >= 11 is 0. The van der Waals surface area contributed by atoms with Crippen molar-refractivity contribution in [3.05, 3.63) is 107 Å². The largest absolute Gasteiger partial charge is 0.468 e. The van der Waals surface area contributed by atoms with E-state index in [0.717, 1.165) is 5.56 Å². The summed E-state index contributed by atoms with van der Waals surface area (Å²) in [5.41, 5.74) is 2.55. The molecule has 0 fully saturated rings. The molecule has 0 radical (unpaired) electrons. The molecular weight excluding hydrogens is 340 g/mol. The Hall–Kier alpha value is -3.50. The molecule has 0 aliphatic carbocycles. The van der Waals surface area contributed by atoms with Crippen LogP contribution in [-0.2, 0) is 0 Å². The van der Waals surface area contributed by atoms with Crippen LogP contribution in [0.1, 0.15) is 31.8 Å². The smallest absolute Gasteiger partial charge is 0.193 e. The Labute approximate surface area is 157 Å². The quantitative estimate of drug-likeness (QED) is 0.392. The Bertz CT molecular complexity index is 940. The maximum Gasteiger partial charge on any atom is 0.193 e. The fraction of sp³-hybridized carbons (Fsp3) is 0.0435. The second-order valence-electron chi connectivity index (χ2n) is 5.81. The highest BCUT2D eigenvalue weighted by Crippen LogP contribution is 2.16. The zero-order chi connectivity index (χ0) is 19.1. The van der Waals surface area contributed by atoms with Crippen LogP contribution in [0.25, 0.3) is 6.08 Å². The number of hydrogen-bond acceptors (Lipinski definition) is 4. The molecule has 0 spiro atoms. The summed E-state index contributed by atoms with van der Waals surface area (Å²) in [7, 11) is 0. The van der Waals surface area contributed by atoms with E-state index in [1.54, 1.807) is 66.7 Å². The minimum absolute atomic E-state index is 0.0686. The van der Waals surface area contributed by atoms with E-state index in [9.17, 15) is 9.59 Å². The Morgan fingerprint density at radius 1 is 0.778 bits per heavy atom. The molecule has 0 aliphatic heterocycles. The second kappa shape index (κ2) is 8.74. The lowest BCUT2D eigenvalue weighted by Crippen LogP contribution is -2.01. The summed E-state index contributed by atoms with van der Waals surface area (Å²) in [6, 6.07) is 22.7. The Kier molecular flexibility index (Phi) is 5.92. The highest BCUT2D eigenvalue weighted by Gasteiger charge is 2.09. The number of aliphatic hydroxyl groups excluding tert-OH is 1. The maximum absolute atomic E-state index is 12.5. The average Bonchev–Trinajstić information content (AvgIpc) is 2.73. The van der Waals surface area contributed by atoms with Crippen LogP contribution < -0.4 is 4.74 Å². The average molecular weight is 358 g/mol. The van der Waals surface area contributed by atoms with Crippen molar-refractivity contribution in [2.24, 2.45) is 0 Å². The molecular formula is C23H18O4. The Balaban J connectivity index is 1.68. The highest BCUT2D eigenvalue weighted by molar-refractivity contribution is 6.09. The van der Waals surface area contributed by atoms with Gasteiger partial charge in [0.2, 0.25) is 0 Å². The van der Waals surface area contributed by atoms with Gasteiger partial charge in [-0.1, -0.05) is 60.7 Å². The van der Waals surface area contributed by atoms with Gasteiger partial charge in [0.15, 0.2) is 18.4 Å². The monoisotopic (exact) mass is 358 g/mol. The fourth-order valence-corrected chi connectivity index (χ4v) is 2.56.